The van der Waals surface area contributed by atoms with Crippen LogP contribution in [0.15, 0.2) is 36.7 Å². The zero-order valence-electron chi connectivity index (χ0n) is 12.1. The molecular weight excluding hydrogens is 252 g/mol. The van der Waals surface area contributed by atoms with E-state index in [0.717, 1.165) is 17.7 Å². The minimum Gasteiger partial charge on any atom is -0.355 e. The van der Waals surface area contributed by atoms with Crippen LogP contribution >= 0.6 is 0 Å². The third kappa shape index (κ3) is 3.45. The van der Waals surface area contributed by atoms with Gasteiger partial charge < -0.3 is 10.6 Å². The van der Waals surface area contributed by atoms with Crippen molar-refractivity contribution in [1.29, 1.82) is 0 Å². The minimum atomic E-state index is -0.0618. The molecule has 1 aromatic heterocycles. The molecule has 0 radical (unpaired) electrons. The second kappa shape index (κ2) is 6.34. The number of aromatic nitrogens is 2. The molecule has 0 fully saturated rings. The molecule has 1 heterocycles. The fraction of sp³-hybridized carbons (Fsp3) is 0.333. The Balaban J connectivity index is 1.92. The fourth-order valence-electron chi connectivity index (χ4n) is 1.97. The van der Waals surface area contributed by atoms with E-state index < -0.39 is 0 Å². The van der Waals surface area contributed by atoms with E-state index in [1.54, 1.807) is 11.7 Å². The number of benzene rings is 1. The smallest absolute Gasteiger partial charge is 0.251 e. The first-order valence-corrected chi connectivity index (χ1v) is 6.63. The first-order chi connectivity index (χ1) is 9.60. The Labute approximate surface area is 119 Å². The molecule has 2 N–H and O–H groups in total. The van der Waals surface area contributed by atoms with Crippen molar-refractivity contribution in [3.63, 3.8) is 0 Å². The van der Waals surface area contributed by atoms with Gasteiger partial charge in [0.15, 0.2) is 0 Å². The Bertz CT molecular complexity index is 574. The van der Waals surface area contributed by atoms with Crippen LogP contribution in [-0.4, -0.2) is 22.7 Å². The van der Waals surface area contributed by atoms with Gasteiger partial charge in [-0.2, -0.15) is 5.10 Å². The maximum atomic E-state index is 11.4. The molecule has 0 aliphatic rings. The van der Waals surface area contributed by atoms with Gasteiger partial charge in [0.2, 0.25) is 0 Å². The zero-order valence-corrected chi connectivity index (χ0v) is 12.1. The average molecular weight is 272 g/mol. The summed E-state index contributed by atoms with van der Waals surface area (Å²) in [6.07, 6.45) is 3.87. The average Bonchev–Trinajstić information content (AvgIpc) is 2.91. The van der Waals surface area contributed by atoms with Gasteiger partial charge in [0.05, 0.1) is 6.20 Å². The summed E-state index contributed by atoms with van der Waals surface area (Å²) in [5.74, 6) is -0.0618. The van der Waals surface area contributed by atoms with E-state index in [0.29, 0.717) is 5.56 Å². The molecule has 1 atom stereocenters. The van der Waals surface area contributed by atoms with Gasteiger partial charge in [0.1, 0.15) is 0 Å². The van der Waals surface area contributed by atoms with Gasteiger partial charge in [-0.1, -0.05) is 12.1 Å². The maximum absolute atomic E-state index is 11.4. The summed E-state index contributed by atoms with van der Waals surface area (Å²) < 4.78 is 1.80. The summed E-state index contributed by atoms with van der Waals surface area (Å²) in [4.78, 5) is 11.4. The molecular formula is C15H20N4O. The molecule has 2 rings (SSSR count). The molecule has 0 aliphatic carbocycles. The van der Waals surface area contributed by atoms with Crippen LogP contribution in [0.5, 0.6) is 0 Å². The highest BCUT2D eigenvalue weighted by atomic mass is 16.1. The Morgan fingerprint density at radius 2 is 2.05 bits per heavy atom. The minimum absolute atomic E-state index is 0.0618. The number of hydrogen-bond acceptors (Lipinski definition) is 3. The molecule has 2 aromatic rings. The Hall–Kier alpha value is -2.14. The molecule has 106 valence electrons. The third-order valence-corrected chi connectivity index (χ3v) is 3.28. The number of rotatable bonds is 5. The first kappa shape index (κ1) is 14.3. The summed E-state index contributed by atoms with van der Waals surface area (Å²) in [5.41, 5.74) is 2.99. The van der Waals surface area contributed by atoms with E-state index in [1.165, 1.54) is 0 Å². The van der Waals surface area contributed by atoms with Crippen molar-refractivity contribution in [3.05, 3.63) is 53.3 Å². The van der Waals surface area contributed by atoms with Crippen molar-refractivity contribution in [2.24, 2.45) is 7.05 Å². The second-order valence-electron chi connectivity index (χ2n) is 4.83. The summed E-state index contributed by atoms with van der Waals surface area (Å²) in [6, 6.07) is 7.85. The van der Waals surface area contributed by atoms with Gasteiger partial charge in [0.25, 0.3) is 5.91 Å². The van der Waals surface area contributed by atoms with E-state index in [2.05, 4.69) is 22.7 Å². The predicted molar refractivity (Wildman–Crippen MR) is 78.3 cm³/mol. The SMILES string of the molecule is CNC(=O)c1ccc(CNC(C)c2cnn(C)c2)cc1. The molecule has 1 aromatic carbocycles. The van der Waals surface area contributed by atoms with Crippen molar-refractivity contribution < 1.29 is 4.79 Å². The summed E-state index contributed by atoms with van der Waals surface area (Å²) in [5, 5.41) is 10.2. The lowest BCUT2D eigenvalue weighted by Gasteiger charge is -2.12. The topological polar surface area (TPSA) is 59.0 Å². The lowest BCUT2D eigenvalue weighted by Crippen LogP contribution is -2.19. The Kier molecular flexibility index (Phi) is 4.53. The molecule has 0 saturated carbocycles. The van der Waals surface area contributed by atoms with E-state index in [1.807, 2.05) is 43.7 Å². The van der Waals surface area contributed by atoms with Crippen LogP contribution in [-0.2, 0) is 13.6 Å². The fourth-order valence-corrected chi connectivity index (χ4v) is 1.97. The standard InChI is InChI=1S/C15H20N4O/c1-11(14-9-18-19(3)10-14)17-8-12-4-6-13(7-5-12)15(20)16-2/h4-7,9-11,17H,8H2,1-3H3,(H,16,20). The zero-order chi connectivity index (χ0) is 14.5. The number of nitrogens with one attached hydrogen (secondary N) is 2. The van der Waals surface area contributed by atoms with Crippen LogP contribution in [0, 0.1) is 0 Å². The van der Waals surface area contributed by atoms with Gasteiger partial charge in [0, 0.05) is 44.0 Å². The number of nitrogens with zero attached hydrogens (tertiary/aromatic N) is 2. The van der Waals surface area contributed by atoms with Crippen LogP contribution in [0.4, 0.5) is 0 Å². The highest BCUT2D eigenvalue weighted by molar-refractivity contribution is 5.93. The number of amides is 1. The number of carbonyl (C=O) groups is 1. The van der Waals surface area contributed by atoms with E-state index >= 15 is 0 Å². The maximum Gasteiger partial charge on any atom is 0.251 e. The van der Waals surface area contributed by atoms with Crippen molar-refractivity contribution in [3.8, 4) is 0 Å². The Morgan fingerprint density at radius 3 is 2.60 bits per heavy atom. The van der Waals surface area contributed by atoms with Crippen molar-refractivity contribution in [1.82, 2.24) is 20.4 Å². The van der Waals surface area contributed by atoms with Crippen LogP contribution in [0.2, 0.25) is 0 Å². The van der Waals surface area contributed by atoms with Crippen LogP contribution in [0.25, 0.3) is 0 Å². The van der Waals surface area contributed by atoms with Crippen LogP contribution in [0.1, 0.15) is 34.5 Å². The van der Waals surface area contributed by atoms with Gasteiger partial charge in [-0.15, -0.1) is 0 Å². The Morgan fingerprint density at radius 1 is 1.35 bits per heavy atom. The van der Waals surface area contributed by atoms with Gasteiger partial charge in [-0.3, -0.25) is 9.48 Å². The summed E-state index contributed by atoms with van der Waals surface area (Å²) in [6.45, 7) is 2.86. The quantitative estimate of drug-likeness (QED) is 0.869. The van der Waals surface area contributed by atoms with Gasteiger partial charge in [-0.25, -0.2) is 0 Å². The van der Waals surface area contributed by atoms with Crippen molar-refractivity contribution in [2.75, 3.05) is 7.05 Å². The summed E-state index contributed by atoms with van der Waals surface area (Å²) in [7, 11) is 3.54. The highest BCUT2D eigenvalue weighted by Crippen LogP contribution is 2.12. The van der Waals surface area contributed by atoms with Crippen LogP contribution < -0.4 is 10.6 Å². The monoisotopic (exact) mass is 272 g/mol. The van der Waals surface area contributed by atoms with Crippen molar-refractivity contribution in [2.45, 2.75) is 19.5 Å². The normalized spacial score (nSPS) is 12.2. The summed E-state index contributed by atoms with van der Waals surface area (Å²) >= 11 is 0. The molecule has 5 nitrogen and oxygen atoms in total. The largest absolute Gasteiger partial charge is 0.355 e. The molecule has 0 aliphatic heterocycles. The lowest BCUT2D eigenvalue weighted by molar-refractivity contribution is 0.0963. The van der Waals surface area contributed by atoms with E-state index in [4.69, 9.17) is 0 Å². The molecule has 0 saturated heterocycles. The number of carbonyl (C=O) groups excluding carboxylic acids is 1. The molecule has 0 bridgehead atoms. The number of hydrogen-bond donors (Lipinski definition) is 2. The molecule has 1 amide bonds. The molecule has 1 unspecified atom stereocenters. The van der Waals surface area contributed by atoms with Gasteiger partial charge >= 0.3 is 0 Å². The molecule has 5 heteroatoms. The van der Waals surface area contributed by atoms with Crippen molar-refractivity contribution >= 4 is 5.91 Å². The predicted octanol–water partition coefficient (Wildman–Crippen LogP) is 1.63. The molecule has 0 spiro atoms. The van der Waals surface area contributed by atoms with E-state index in [9.17, 15) is 4.79 Å². The first-order valence-electron chi connectivity index (χ1n) is 6.63. The number of aryl methyl sites for hydroxylation is 1. The molecule has 20 heavy (non-hydrogen) atoms. The van der Waals surface area contributed by atoms with Crippen LogP contribution in [0.3, 0.4) is 0 Å². The second-order valence-corrected chi connectivity index (χ2v) is 4.83. The third-order valence-electron chi connectivity index (χ3n) is 3.28. The highest BCUT2D eigenvalue weighted by Gasteiger charge is 2.07. The van der Waals surface area contributed by atoms with E-state index in [-0.39, 0.29) is 11.9 Å². The van der Waals surface area contributed by atoms with Gasteiger partial charge in [-0.05, 0) is 24.6 Å². The lowest BCUT2D eigenvalue weighted by atomic mass is 10.1.